The molecule has 226 valence electrons. The summed E-state index contributed by atoms with van der Waals surface area (Å²) in [6.45, 7) is 4.08. The van der Waals surface area contributed by atoms with Crippen LogP contribution < -0.4 is 9.47 Å². The Morgan fingerprint density at radius 2 is 1.39 bits per heavy atom. The van der Waals surface area contributed by atoms with Gasteiger partial charge in [0.25, 0.3) is 0 Å². The first kappa shape index (κ1) is 30.0. The highest BCUT2D eigenvalue weighted by Crippen LogP contribution is 2.44. The van der Waals surface area contributed by atoms with Gasteiger partial charge in [-0.15, -0.1) is 0 Å². The monoisotopic (exact) mass is 586 g/mol. The molecule has 1 aliphatic heterocycles. The number of halogens is 6. The summed E-state index contributed by atoms with van der Waals surface area (Å²) in [5, 5.41) is 0. The van der Waals surface area contributed by atoms with Crippen LogP contribution in [-0.2, 0) is 9.47 Å². The minimum Gasteiger partial charge on any atom is -0.493 e. The van der Waals surface area contributed by atoms with Crippen LogP contribution in [0.3, 0.4) is 0 Å². The second-order valence-electron chi connectivity index (χ2n) is 11.8. The van der Waals surface area contributed by atoms with E-state index in [1.54, 1.807) is 12.1 Å². The smallest absolute Gasteiger partial charge is 0.400 e. The average molecular weight is 587 g/mol. The van der Waals surface area contributed by atoms with Gasteiger partial charge in [0.05, 0.1) is 25.7 Å². The zero-order chi connectivity index (χ0) is 29.1. The predicted octanol–water partition coefficient (Wildman–Crippen LogP) is 8.38. The molecule has 0 bridgehead atoms. The third-order valence-corrected chi connectivity index (χ3v) is 8.68. The fourth-order valence-electron chi connectivity index (χ4n) is 6.23. The SMILES string of the molecule is CC1COC(C2CCC(COc3ccc(C4CCC(C(F)(F)Oc5cc(F)c(F)c(F)c5)CC4)c(F)c3)CC2)OC1. The van der Waals surface area contributed by atoms with Crippen LogP contribution in [0.4, 0.5) is 26.3 Å². The molecule has 41 heavy (non-hydrogen) atoms. The molecule has 2 aliphatic carbocycles. The molecule has 0 atom stereocenters. The first-order valence-electron chi connectivity index (χ1n) is 14.5. The van der Waals surface area contributed by atoms with Crippen molar-refractivity contribution in [1.29, 1.82) is 0 Å². The van der Waals surface area contributed by atoms with Crippen molar-refractivity contribution < 1.29 is 45.3 Å². The standard InChI is InChI=1S/C31H36F6O4/c1-18-15-39-30(40-16-18)21-4-2-19(3-5-21)17-38-23-10-11-25(26(32)12-23)20-6-8-22(9-7-20)31(36,37)41-24-13-27(33)29(35)28(34)14-24/h10-14,18-22,30H,2-9,15-17H2,1H3. The summed E-state index contributed by atoms with van der Waals surface area (Å²) in [4.78, 5) is 0. The van der Waals surface area contributed by atoms with Gasteiger partial charge in [-0.1, -0.05) is 13.0 Å². The van der Waals surface area contributed by atoms with Gasteiger partial charge in [-0.25, -0.2) is 17.6 Å². The number of benzene rings is 2. The Morgan fingerprint density at radius 3 is 2.00 bits per heavy atom. The Hall–Kier alpha value is -2.46. The summed E-state index contributed by atoms with van der Waals surface area (Å²) in [6, 6.07) is 5.51. The molecule has 3 aliphatic rings. The van der Waals surface area contributed by atoms with Crippen LogP contribution in [0.2, 0.25) is 0 Å². The van der Waals surface area contributed by atoms with Crippen molar-refractivity contribution in [2.24, 2.45) is 23.7 Å². The van der Waals surface area contributed by atoms with Gasteiger partial charge >= 0.3 is 6.11 Å². The maximum Gasteiger partial charge on any atom is 0.400 e. The van der Waals surface area contributed by atoms with Gasteiger partial charge in [-0.3, -0.25) is 0 Å². The zero-order valence-electron chi connectivity index (χ0n) is 23.0. The average Bonchev–Trinajstić information content (AvgIpc) is 2.95. The molecule has 10 heteroatoms. The highest BCUT2D eigenvalue weighted by molar-refractivity contribution is 5.31. The van der Waals surface area contributed by atoms with E-state index in [9.17, 15) is 22.0 Å². The summed E-state index contributed by atoms with van der Waals surface area (Å²) >= 11 is 0. The van der Waals surface area contributed by atoms with Crippen LogP contribution in [0.1, 0.15) is 69.8 Å². The highest BCUT2D eigenvalue weighted by atomic mass is 19.3. The molecule has 2 aromatic rings. The van der Waals surface area contributed by atoms with Crippen molar-refractivity contribution in [2.45, 2.75) is 76.6 Å². The largest absolute Gasteiger partial charge is 0.493 e. The number of hydrogen-bond donors (Lipinski definition) is 0. The Labute approximate surface area is 236 Å². The molecule has 1 heterocycles. The maximum absolute atomic E-state index is 15.0. The van der Waals surface area contributed by atoms with E-state index in [4.69, 9.17) is 14.2 Å². The summed E-state index contributed by atoms with van der Waals surface area (Å²) in [5.74, 6) is -6.03. The second kappa shape index (κ2) is 12.8. The molecule has 0 radical (unpaired) electrons. The molecule has 4 nitrogen and oxygen atoms in total. The van der Waals surface area contributed by atoms with E-state index in [-0.39, 0.29) is 25.0 Å². The molecule has 0 aromatic heterocycles. The normalized spacial score (nSPS) is 29.2. The third-order valence-electron chi connectivity index (χ3n) is 8.68. The molecule has 1 saturated heterocycles. The number of ether oxygens (including phenoxy) is 4. The van der Waals surface area contributed by atoms with Gasteiger partial charge in [0.1, 0.15) is 17.3 Å². The van der Waals surface area contributed by atoms with Gasteiger partial charge < -0.3 is 18.9 Å². The summed E-state index contributed by atoms with van der Waals surface area (Å²) in [5.41, 5.74) is 0.449. The Bertz CT molecular complexity index is 1150. The Balaban J connectivity index is 1.08. The third kappa shape index (κ3) is 7.31. The number of rotatable bonds is 8. The van der Waals surface area contributed by atoms with Crippen molar-refractivity contribution in [1.82, 2.24) is 0 Å². The van der Waals surface area contributed by atoms with Gasteiger partial charge in [0, 0.05) is 30.0 Å². The topological polar surface area (TPSA) is 36.9 Å². The van der Waals surface area contributed by atoms with Crippen molar-refractivity contribution in [3.05, 3.63) is 59.2 Å². The minimum absolute atomic E-state index is 0.0279. The fourth-order valence-corrected chi connectivity index (χ4v) is 6.23. The van der Waals surface area contributed by atoms with Gasteiger partial charge in [-0.2, -0.15) is 8.78 Å². The van der Waals surface area contributed by atoms with Crippen LogP contribution in [0.25, 0.3) is 0 Å². The van der Waals surface area contributed by atoms with Crippen LogP contribution in [0, 0.1) is 46.9 Å². The highest BCUT2D eigenvalue weighted by Gasteiger charge is 2.44. The van der Waals surface area contributed by atoms with E-state index in [1.165, 1.54) is 6.07 Å². The molecular formula is C31H36F6O4. The van der Waals surface area contributed by atoms with E-state index >= 15 is 4.39 Å². The lowest BCUT2D eigenvalue weighted by Crippen LogP contribution is -2.38. The molecule has 2 saturated carbocycles. The van der Waals surface area contributed by atoms with Crippen LogP contribution in [0.5, 0.6) is 11.5 Å². The molecule has 0 spiro atoms. The molecular weight excluding hydrogens is 550 g/mol. The van der Waals surface area contributed by atoms with Crippen LogP contribution >= 0.6 is 0 Å². The maximum atomic E-state index is 15.0. The predicted molar refractivity (Wildman–Crippen MR) is 139 cm³/mol. The van der Waals surface area contributed by atoms with Gasteiger partial charge in [0.15, 0.2) is 23.7 Å². The lowest BCUT2D eigenvalue weighted by molar-refractivity contribution is -0.227. The van der Waals surface area contributed by atoms with E-state index in [0.29, 0.717) is 60.6 Å². The van der Waals surface area contributed by atoms with E-state index in [1.807, 2.05) is 0 Å². The van der Waals surface area contributed by atoms with E-state index in [2.05, 4.69) is 11.7 Å². The van der Waals surface area contributed by atoms with E-state index in [0.717, 1.165) is 38.9 Å². The summed E-state index contributed by atoms with van der Waals surface area (Å²) in [6.07, 6.45) is 0.807. The van der Waals surface area contributed by atoms with Crippen molar-refractivity contribution >= 4 is 0 Å². The molecule has 0 amide bonds. The summed E-state index contributed by atoms with van der Waals surface area (Å²) in [7, 11) is 0. The van der Waals surface area contributed by atoms with E-state index < -0.39 is 41.0 Å². The minimum atomic E-state index is -3.72. The lowest BCUT2D eigenvalue weighted by atomic mass is 9.78. The second-order valence-corrected chi connectivity index (χ2v) is 11.8. The number of alkyl halides is 2. The molecule has 2 aromatic carbocycles. The first-order valence-corrected chi connectivity index (χ1v) is 14.5. The quantitative estimate of drug-likeness (QED) is 0.230. The lowest BCUT2D eigenvalue weighted by Gasteiger charge is -2.36. The van der Waals surface area contributed by atoms with Crippen molar-refractivity contribution in [3.63, 3.8) is 0 Å². The van der Waals surface area contributed by atoms with Crippen LogP contribution in [0.15, 0.2) is 30.3 Å². The van der Waals surface area contributed by atoms with Crippen LogP contribution in [-0.4, -0.2) is 32.2 Å². The van der Waals surface area contributed by atoms with Gasteiger partial charge in [0.2, 0.25) is 0 Å². The summed E-state index contributed by atoms with van der Waals surface area (Å²) < 4.78 is 107. The fraction of sp³-hybridized carbons (Fsp3) is 0.613. The number of hydrogen-bond acceptors (Lipinski definition) is 4. The van der Waals surface area contributed by atoms with Gasteiger partial charge in [-0.05, 0) is 74.8 Å². The molecule has 3 fully saturated rings. The Morgan fingerprint density at radius 1 is 0.780 bits per heavy atom. The zero-order valence-corrected chi connectivity index (χ0v) is 23.0. The molecule has 0 unspecified atom stereocenters. The first-order chi connectivity index (χ1) is 19.6. The Kier molecular flexibility index (Phi) is 9.38. The molecule has 5 rings (SSSR count). The molecule has 0 N–H and O–H groups in total. The van der Waals surface area contributed by atoms with Crippen molar-refractivity contribution in [3.8, 4) is 11.5 Å². The van der Waals surface area contributed by atoms with Crippen molar-refractivity contribution in [2.75, 3.05) is 19.8 Å².